The quantitative estimate of drug-likeness (QED) is 0.765. The topological polar surface area (TPSA) is 74.0 Å². The first kappa shape index (κ1) is 12.5. The molecule has 7 heteroatoms. The zero-order valence-corrected chi connectivity index (χ0v) is 10.4. The second kappa shape index (κ2) is 5.16. The van der Waals surface area contributed by atoms with Crippen LogP contribution in [0.2, 0.25) is 0 Å². The average Bonchev–Trinajstić information content (AvgIpc) is 2.93. The number of hydrogen-bond acceptors (Lipinski definition) is 4. The number of halogens is 1. The summed E-state index contributed by atoms with van der Waals surface area (Å²) in [6.45, 7) is 1.39. The SMILES string of the molecule is Cl.NCCn1ccn2nc(-c3cnccn3)cc12. The van der Waals surface area contributed by atoms with Crippen molar-refractivity contribution in [2.24, 2.45) is 5.73 Å². The minimum Gasteiger partial charge on any atom is -0.330 e. The van der Waals surface area contributed by atoms with Crippen molar-refractivity contribution in [3.8, 4) is 11.4 Å². The predicted molar refractivity (Wildman–Crippen MR) is 70.5 cm³/mol. The highest BCUT2D eigenvalue weighted by Crippen LogP contribution is 2.16. The molecule has 0 radical (unpaired) electrons. The molecular weight excluding hydrogens is 252 g/mol. The van der Waals surface area contributed by atoms with Crippen LogP contribution in [0.3, 0.4) is 0 Å². The largest absolute Gasteiger partial charge is 0.330 e. The van der Waals surface area contributed by atoms with Gasteiger partial charge in [-0.3, -0.25) is 9.97 Å². The fourth-order valence-corrected chi connectivity index (χ4v) is 1.81. The third-order valence-electron chi connectivity index (χ3n) is 2.59. The van der Waals surface area contributed by atoms with Crippen LogP contribution in [-0.4, -0.2) is 30.7 Å². The van der Waals surface area contributed by atoms with Crippen molar-refractivity contribution < 1.29 is 0 Å². The van der Waals surface area contributed by atoms with Crippen LogP contribution in [0.15, 0.2) is 37.1 Å². The Morgan fingerprint density at radius 3 is 2.78 bits per heavy atom. The average molecular weight is 265 g/mol. The summed E-state index contributed by atoms with van der Waals surface area (Å²) in [5.41, 5.74) is 8.16. The first-order valence-corrected chi connectivity index (χ1v) is 5.39. The van der Waals surface area contributed by atoms with E-state index in [1.54, 1.807) is 18.6 Å². The van der Waals surface area contributed by atoms with Crippen LogP contribution < -0.4 is 5.73 Å². The third kappa shape index (κ3) is 2.07. The van der Waals surface area contributed by atoms with Crippen LogP contribution >= 0.6 is 12.4 Å². The van der Waals surface area contributed by atoms with E-state index in [4.69, 9.17) is 5.73 Å². The first-order valence-electron chi connectivity index (χ1n) is 5.39. The maximum atomic E-state index is 5.56. The van der Waals surface area contributed by atoms with Crippen LogP contribution in [0, 0.1) is 0 Å². The summed E-state index contributed by atoms with van der Waals surface area (Å²) in [7, 11) is 0. The van der Waals surface area contributed by atoms with Gasteiger partial charge in [-0.25, -0.2) is 4.52 Å². The second-order valence-electron chi connectivity index (χ2n) is 3.70. The molecule has 2 N–H and O–H groups in total. The molecule has 3 aromatic rings. The number of hydrogen-bond donors (Lipinski definition) is 1. The normalized spacial score (nSPS) is 10.5. The van der Waals surface area contributed by atoms with E-state index in [0.717, 1.165) is 23.6 Å². The molecule has 18 heavy (non-hydrogen) atoms. The summed E-state index contributed by atoms with van der Waals surface area (Å²) in [5.74, 6) is 0. The molecule has 0 atom stereocenters. The van der Waals surface area contributed by atoms with Gasteiger partial charge in [0.25, 0.3) is 0 Å². The van der Waals surface area contributed by atoms with Crippen molar-refractivity contribution in [2.45, 2.75) is 6.54 Å². The highest BCUT2D eigenvalue weighted by Gasteiger charge is 2.08. The number of imidazole rings is 1. The Labute approximate surface area is 110 Å². The van der Waals surface area contributed by atoms with Gasteiger partial charge in [0.05, 0.1) is 6.20 Å². The van der Waals surface area contributed by atoms with Crippen molar-refractivity contribution in [3.05, 3.63) is 37.1 Å². The smallest absolute Gasteiger partial charge is 0.136 e. The van der Waals surface area contributed by atoms with Crippen LogP contribution in [0.25, 0.3) is 17.0 Å². The minimum absolute atomic E-state index is 0. The molecule has 3 heterocycles. The van der Waals surface area contributed by atoms with Crippen molar-refractivity contribution in [3.63, 3.8) is 0 Å². The zero-order valence-electron chi connectivity index (χ0n) is 9.60. The van der Waals surface area contributed by atoms with Gasteiger partial charge in [0.2, 0.25) is 0 Å². The Hall–Kier alpha value is -1.92. The minimum atomic E-state index is 0. The van der Waals surface area contributed by atoms with Gasteiger partial charge < -0.3 is 10.3 Å². The van der Waals surface area contributed by atoms with E-state index in [0.29, 0.717) is 6.54 Å². The lowest BCUT2D eigenvalue weighted by molar-refractivity contribution is 0.730. The van der Waals surface area contributed by atoms with Crippen molar-refractivity contribution in [1.82, 2.24) is 24.1 Å². The Kier molecular flexibility index (Phi) is 3.59. The van der Waals surface area contributed by atoms with E-state index in [-0.39, 0.29) is 12.4 Å². The second-order valence-corrected chi connectivity index (χ2v) is 3.70. The van der Waals surface area contributed by atoms with Gasteiger partial charge in [-0.2, -0.15) is 5.10 Å². The monoisotopic (exact) mass is 264 g/mol. The molecule has 6 nitrogen and oxygen atoms in total. The summed E-state index contributed by atoms with van der Waals surface area (Å²) in [6.07, 6.45) is 8.89. The molecule has 0 aliphatic heterocycles. The fraction of sp³-hybridized carbons (Fsp3) is 0.182. The molecule has 0 saturated heterocycles. The Bertz CT molecular complexity index is 629. The predicted octanol–water partition coefficient (Wildman–Crippen LogP) is 0.973. The molecule has 0 saturated carbocycles. The van der Waals surface area contributed by atoms with Crippen molar-refractivity contribution in [2.75, 3.05) is 6.54 Å². The molecule has 3 rings (SSSR count). The van der Waals surface area contributed by atoms with Gasteiger partial charge in [-0.1, -0.05) is 0 Å². The van der Waals surface area contributed by atoms with Crippen LogP contribution in [0.5, 0.6) is 0 Å². The van der Waals surface area contributed by atoms with E-state index >= 15 is 0 Å². The van der Waals surface area contributed by atoms with E-state index in [2.05, 4.69) is 19.6 Å². The zero-order chi connectivity index (χ0) is 11.7. The van der Waals surface area contributed by atoms with Gasteiger partial charge in [-0.05, 0) is 0 Å². The fourth-order valence-electron chi connectivity index (χ4n) is 1.81. The lowest BCUT2D eigenvalue weighted by Gasteiger charge is -1.97. The highest BCUT2D eigenvalue weighted by molar-refractivity contribution is 5.85. The van der Waals surface area contributed by atoms with E-state index in [9.17, 15) is 0 Å². The van der Waals surface area contributed by atoms with Gasteiger partial charge >= 0.3 is 0 Å². The summed E-state index contributed by atoms with van der Waals surface area (Å²) < 4.78 is 3.88. The van der Waals surface area contributed by atoms with Gasteiger partial charge in [0.15, 0.2) is 0 Å². The molecule has 0 spiro atoms. The lowest BCUT2D eigenvalue weighted by Crippen LogP contribution is -2.08. The third-order valence-corrected chi connectivity index (χ3v) is 2.59. The summed E-state index contributed by atoms with van der Waals surface area (Å²) in [4.78, 5) is 8.26. The van der Waals surface area contributed by atoms with Crippen LogP contribution in [0.1, 0.15) is 0 Å². The van der Waals surface area contributed by atoms with Crippen LogP contribution in [0.4, 0.5) is 0 Å². The first-order chi connectivity index (χ1) is 8.38. The van der Waals surface area contributed by atoms with Gasteiger partial charge in [-0.15, -0.1) is 12.4 Å². The molecule has 3 aromatic heterocycles. The summed E-state index contributed by atoms with van der Waals surface area (Å²) >= 11 is 0. The molecule has 0 aromatic carbocycles. The molecule has 0 aliphatic carbocycles. The van der Waals surface area contributed by atoms with E-state index in [1.165, 1.54) is 0 Å². The van der Waals surface area contributed by atoms with Gasteiger partial charge in [0.1, 0.15) is 17.0 Å². The van der Waals surface area contributed by atoms with Crippen LogP contribution in [-0.2, 0) is 6.54 Å². The van der Waals surface area contributed by atoms with E-state index in [1.807, 2.05) is 23.0 Å². The van der Waals surface area contributed by atoms with Gasteiger partial charge in [0, 0.05) is 43.9 Å². The molecule has 0 amide bonds. The molecule has 0 bridgehead atoms. The maximum absolute atomic E-state index is 5.56. The Morgan fingerprint density at radius 2 is 2.06 bits per heavy atom. The molecule has 0 unspecified atom stereocenters. The number of nitrogens with two attached hydrogens (primary N) is 1. The Balaban J connectivity index is 0.00000120. The standard InChI is InChI=1S/C11H12N6.ClH/c12-1-4-16-5-6-17-11(16)7-9(15-17)10-8-13-2-3-14-10;/h2-3,5-8H,1,4,12H2;1H. The van der Waals surface area contributed by atoms with Crippen molar-refractivity contribution in [1.29, 1.82) is 0 Å². The van der Waals surface area contributed by atoms with Crippen molar-refractivity contribution >= 4 is 18.1 Å². The summed E-state index contributed by atoms with van der Waals surface area (Å²) in [6, 6.07) is 1.99. The number of fused-ring (bicyclic) bond motifs is 1. The Morgan fingerprint density at radius 1 is 1.17 bits per heavy atom. The lowest BCUT2D eigenvalue weighted by atomic mass is 10.3. The molecule has 94 valence electrons. The molecule has 0 fully saturated rings. The number of nitrogens with zero attached hydrogens (tertiary/aromatic N) is 5. The molecule has 0 aliphatic rings. The molecular formula is C11H13ClN6. The number of aromatic nitrogens is 5. The summed E-state index contributed by atoms with van der Waals surface area (Å²) in [5, 5.41) is 4.44. The van der Waals surface area contributed by atoms with E-state index < -0.39 is 0 Å². The highest BCUT2D eigenvalue weighted by atomic mass is 35.5. The maximum Gasteiger partial charge on any atom is 0.136 e. The number of rotatable bonds is 3.